The number of amides is 1. The molecule has 0 bridgehead atoms. The molecule has 26 heavy (non-hydrogen) atoms. The Morgan fingerprint density at radius 2 is 2.23 bits per heavy atom. The van der Waals surface area contributed by atoms with Gasteiger partial charge in [-0.05, 0) is 31.5 Å². The first kappa shape index (κ1) is 17.7. The number of carbonyl (C=O) groups is 1. The van der Waals surface area contributed by atoms with Gasteiger partial charge in [-0.3, -0.25) is 9.89 Å². The molecule has 2 N–H and O–H groups in total. The van der Waals surface area contributed by atoms with Gasteiger partial charge in [0.1, 0.15) is 17.8 Å². The van der Waals surface area contributed by atoms with Crippen LogP contribution in [0.5, 0.6) is 5.75 Å². The van der Waals surface area contributed by atoms with Crippen molar-refractivity contribution in [3.05, 3.63) is 48.2 Å². The summed E-state index contributed by atoms with van der Waals surface area (Å²) < 4.78 is 7.17. The molecule has 0 aliphatic carbocycles. The van der Waals surface area contributed by atoms with Crippen LogP contribution in [0.15, 0.2) is 36.7 Å². The predicted octanol–water partition coefficient (Wildman–Crippen LogP) is 2.58. The highest BCUT2D eigenvalue weighted by Gasteiger charge is 2.18. The number of aryl methyl sites for hydroxylation is 1. The van der Waals surface area contributed by atoms with Gasteiger partial charge in [0.15, 0.2) is 5.82 Å². The molecule has 2 heterocycles. The number of aromatic amines is 1. The van der Waals surface area contributed by atoms with Crippen LogP contribution in [0, 0.1) is 0 Å². The fraction of sp³-hybridized carbons (Fsp3) is 0.333. The van der Waals surface area contributed by atoms with Crippen LogP contribution in [0.4, 0.5) is 0 Å². The van der Waals surface area contributed by atoms with E-state index in [1.54, 1.807) is 19.5 Å². The molecule has 8 nitrogen and oxygen atoms in total. The van der Waals surface area contributed by atoms with Crippen LogP contribution in [0.3, 0.4) is 0 Å². The normalized spacial score (nSPS) is 12.0. The van der Waals surface area contributed by atoms with Crippen molar-refractivity contribution in [2.24, 2.45) is 0 Å². The highest BCUT2D eigenvalue weighted by molar-refractivity contribution is 5.93. The zero-order valence-electron chi connectivity index (χ0n) is 15.1. The van der Waals surface area contributed by atoms with E-state index in [1.807, 2.05) is 35.8 Å². The number of hydrogen-bond acceptors (Lipinski definition) is 5. The number of hydrogen-bond donors (Lipinski definition) is 2. The SMILES string of the molecule is CCCn1cnnc1[C@@H](C)NC(=O)c1cc(-c2cccc(OC)c2)n[nH]1. The molecule has 0 unspecified atom stereocenters. The lowest BCUT2D eigenvalue weighted by molar-refractivity contribution is 0.0932. The molecular formula is C18H22N6O2. The molecule has 8 heteroatoms. The number of aromatic nitrogens is 5. The van der Waals surface area contributed by atoms with E-state index in [0.29, 0.717) is 11.4 Å². The first-order valence-electron chi connectivity index (χ1n) is 8.50. The van der Waals surface area contributed by atoms with Crippen molar-refractivity contribution in [2.75, 3.05) is 7.11 Å². The minimum absolute atomic E-state index is 0.245. The van der Waals surface area contributed by atoms with Crippen molar-refractivity contribution in [3.8, 4) is 17.0 Å². The summed E-state index contributed by atoms with van der Waals surface area (Å²) in [5.74, 6) is 1.22. The van der Waals surface area contributed by atoms with Crippen molar-refractivity contribution < 1.29 is 9.53 Å². The number of nitrogens with one attached hydrogen (secondary N) is 2. The smallest absolute Gasteiger partial charge is 0.269 e. The number of rotatable bonds is 7. The van der Waals surface area contributed by atoms with E-state index in [0.717, 1.165) is 30.1 Å². The molecule has 0 saturated heterocycles. The van der Waals surface area contributed by atoms with Gasteiger partial charge in [0, 0.05) is 12.1 Å². The maximum Gasteiger partial charge on any atom is 0.269 e. The topological polar surface area (TPSA) is 97.7 Å². The summed E-state index contributed by atoms with van der Waals surface area (Å²) in [5, 5.41) is 18.0. The number of benzene rings is 1. The number of nitrogens with zero attached hydrogens (tertiary/aromatic N) is 4. The van der Waals surface area contributed by atoms with Gasteiger partial charge >= 0.3 is 0 Å². The molecule has 0 spiro atoms. The molecule has 1 amide bonds. The average Bonchev–Trinajstić information content (AvgIpc) is 3.31. The van der Waals surface area contributed by atoms with Crippen molar-refractivity contribution in [1.29, 1.82) is 0 Å². The van der Waals surface area contributed by atoms with Crippen molar-refractivity contribution in [3.63, 3.8) is 0 Å². The second-order valence-corrected chi connectivity index (χ2v) is 5.98. The monoisotopic (exact) mass is 354 g/mol. The fourth-order valence-electron chi connectivity index (χ4n) is 2.72. The van der Waals surface area contributed by atoms with Crippen LogP contribution in [-0.2, 0) is 6.54 Å². The van der Waals surface area contributed by atoms with Crippen molar-refractivity contribution in [1.82, 2.24) is 30.3 Å². The Morgan fingerprint density at radius 1 is 1.38 bits per heavy atom. The van der Waals surface area contributed by atoms with E-state index >= 15 is 0 Å². The van der Waals surface area contributed by atoms with Crippen molar-refractivity contribution in [2.45, 2.75) is 32.9 Å². The lowest BCUT2D eigenvalue weighted by Gasteiger charge is -2.13. The largest absolute Gasteiger partial charge is 0.497 e. The van der Waals surface area contributed by atoms with Gasteiger partial charge in [-0.2, -0.15) is 5.10 Å². The van der Waals surface area contributed by atoms with E-state index in [9.17, 15) is 4.79 Å². The standard InChI is InChI=1S/C18H22N6O2/c1-4-8-24-11-19-23-17(24)12(2)20-18(25)16-10-15(21-22-16)13-6-5-7-14(9-13)26-3/h5-7,9-12H,4,8H2,1-3H3,(H,20,25)(H,21,22)/t12-/m1/s1. The summed E-state index contributed by atoms with van der Waals surface area (Å²) in [6.45, 7) is 4.78. The zero-order chi connectivity index (χ0) is 18.5. The third-order valence-electron chi connectivity index (χ3n) is 4.03. The number of methoxy groups -OCH3 is 1. The molecule has 0 radical (unpaired) electrons. The lowest BCUT2D eigenvalue weighted by Crippen LogP contribution is -2.29. The molecular weight excluding hydrogens is 332 g/mol. The Labute approximate surface area is 151 Å². The van der Waals surface area contributed by atoms with Gasteiger partial charge < -0.3 is 14.6 Å². The van der Waals surface area contributed by atoms with Gasteiger partial charge in [0.2, 0.25) is 0 Å². The second-order valence-electron chi connectivity index (χ2n) is 5.98. The number of carbonyl (C=O) groups excluding carboxylic acids is 1. The second kappa shape index (κ2) is 7.81. The minimum atomic E-state index is -0.264. The Bertz CT molecular complexity index is 885. The quantitative estimate of drug-likeness (QED) is 0.679. The third-order valence-corrected chi connectivity index (χ3v) is 4.03. The Kier molecular flexibility index (Phi) is 5.31. The predicted molar refractivity (Wildman–Crippen MR) is 96.8 cm³/mol. The van der Waals surface area contributed by atoms with E-state index < -0.39 is 0 Å². The van der Waals surface area contributed by atoms with Crippen LogP contribution < -0.4 is 10.1 Å². The van der Waals surface area contributed by atoms with Gasteiger partial charge in [0.25, 0.3) is 5.91 Å². The molecule has 0 fully saturated rings. The van der Waals surface area contributed by atoms with Crippen molar-refractivity contribution >= 4 is 5.91 Å². The van der Waals surface area contributed by atoms with E-state index in [1.165, 1.54) is 0 Å². The molecule has 2 aromatic heterocycles. The van der Waals surface area contributed by atoms with Crippen LogP contribution >= 0.6 is 0 Å². The van der Waals surface area contributed by atoms with Gasteiger partial charge in [0.05, 0.1) is 18.8 Å². The van der Waals surface area contributed by atoms with Crippen LogP contribution in [0.2, 0.25) is 0 Å². The third kappa shape index (κ3) is 3.74. The van der Waals surface area contributed by atoms with Crippen LogP contribution in [-0.4, -0.2) is 38.0 Å². The summed E-state index contributed by atoms with van der Waals surface area (Å²) >= 11 is 0. The molecule has 3 aromatic rings. The van der Waals surface area contributed by atoms with Gasteiger partial charge in [-0.25, -0.2) is 0 Å². The first-order chi connectivity index (χ1) is 12.6. The highest BCUT2D eigenvalue weighted by atomic mass is 16.5. The van der Waals surface area contributed by atoms with Crippen LogP contribution in [0.1, 0.15) is 42.6 Å². The molecule has 1 atom stereocenters. The highest BCUT2D eigenvalue weighted by Crippen LogP contribution is 2.22. The molecule has 1 aromatic carbocycles. The Hall–Kier alpha value is -3.16. The zero-order valence-corrected chi connectivity index (χ0v) is 15.1. The molecule has 136 valence electrons. The van der Waals surface area contributed by atoms with Gasteiger partial charge in [-0.1, -0.05) is 19.1 Å². The maximum absolute atomic E-state index is 12.5. The Balaban J connectivity index is 1.72. The molecule has 0 aliphatic rings. The number of H-pyrrole nitrogens is 1. The Morgan fingerprint density at radius 3 is 3.00 bits per heavy atom. The molecule has 0 saturated carbocycles. The summed E-state index contributed by atoms with van der Waals surface area (Å²) in [5.41, 5.74) is 1.93. The first-order valence-corrected chi connectivity index (χ1v) is 8.50. The summed E-state index contributed by atoms with van der Waals surface area (Å²) in [6, 6.07) is 8.97. The van der Waals surface area contributed by atoms with Crippen LogP contribution in [0.25, 0.3) is 11.3 Å². The molecule has 3 rings (SSSR count). The lowest BCUT2D eigenvalue weighted by atomic mass is 10.1. The van der Waals surface area contributed by atoms with Gasteiger partial charge in [-0.15, -0.1) is 10.2 Å². The summed E-state index contributed by atoms with van der Waals surface area (Å²) in [4.78, 5) is 12.5. The summed E-state index contributed by atoms with van der Waals surface area (Å²) in [6.07, 6.45) is 2.65. The molecule has 0 aliphatic heterocycles. The van der Waals surface area contributed by atoms with E-state index in [4.69, 9.17) is 4.74 Å². The fourth-order valence-corrected chi connectivity index (χ4v) is 2.72. The maximum atomic E-state index is 12.5. The minimum Gasteiger partial charge on any atom is -0.497 e. The van der Waals surface area contributed by atoms with E-state index in [2.05, 4.69) is 32.6 Å². The average molecular weight is 354 g/mol. The number of ether oxygens (including phenoxy) is 1. The summed E-state index contributed by atoms with van der Waals surface area (Å²) in [7, 11) is 1.61. The van der Waals surface area contributed by atoms with E-state index in [-0.39, 0.29) is 11.9 Å².